The van der Waals surface area contributed by atoms with Crippen LogP contribution in [0.4, 0.5) is 0 Å². The monoisotopic (exact) mass is 345 g/mol. The molecule has 0 saturated carbocycles. The molecule has 0 N–H and O–H groups in total. The van der Waals surface area contributed by atoms with Gasteiger partial charge in [-0.05, 0) is 80.7 Å². The minimum atomic E-state index is -0.396. The summed E-state index contributed by atoms with van der Waals surface area (Å²) in [6.07, 6.45) is 1.14. The number of hydrogen-bond acceptors (Lipinski definition) is 3. The second-order valence-electron chi connectivity index (χ2n) is 7.82. The Balaban J connectivity index is 2.10. The van der Waals surface area contributed by atoms with Crippen LogP contribution in [0.2, 0.25) is 0 Å². The number of benzene rings is 1. The van der Waals surface area contributed by atoms with E-state index in [0.29, 0.717) is 17.4 Å². The molecule has 1 aromatic rings. The number of esters is 1. The van der Waals surface area contributed by atoms with Gasteiger partial charge in [0.15, 0.2) is 6.61 Å². The van der Waals surface area contributed by atoms with Gasteiger partial charge in [-0.3, -0.25) is 4.79 Å². The molecule has 1 saturated heterocycles. The summed E-state index contributed by atoms with van der Waals surface area (Å²) in [4.78, 5) is 26.9. The highest BCUT2D eigenvalue weighted by Gasteiger charge is 2.27. The van der Waals surface area contributed by atoms with E-state index in [1.807, 2.05) is 32.6 Å². The van der Waals surface area contributed by atoms with Crippen molar-refractivity contribution in [3.63, 3.8) is 0 Å². The zero-order chi connectivity index (χ0) is 18.9. The van der Waals surface area contributed by atoms with Gasteiger partial charge in [0.1, 0.15) is 0 Å². The molecule has 4 nitrogen and oxygen atoms in total. The number of likely N-dealkylation sites (tertiary alicyclic amines) is 1. The molecule has 0 aliphatic carbocycles. The van der Waals surface area contributed by atoms with E-state index in [9.17, 15) is 9.59 Å². The van der Waals surface area contributed by atoms with Gasteiger partial charge < -0.3 is 9.64 Å². The molecule has 2 rings (SSSR count). The van der Waals surface area contributed by atoms with Crippen molar-refractivity contribution in [3.8, 4) is 0 Å². The summed E-state index contributed by atoms with van der Waals surface area (Å²) in [6.45, 7) is 15.7. The van der Waals surface area contributed by atoms with Crippen LogP contribution in [0.3, 0.4) is 0 Å². The average Bonchev–Trinajstić information content (AvgIpc) is 2.55. The van der Waals surface area contributed by atoms with Gasteiger partial charge >= 0.3 is 5.97 Å². The minimum absolute atomic E-state index is 0.0948. The van der Waals surface area contributed by atoms with Crippen molar-refractivity contribution in [1.29, 1.82) is 0 Å². The Morgan fingerprint density at radius 2 is 1.32 bits per heavy atom. The lowest BCUT2D eigenvalue weighted by atomic mass is 9.90. The molecule has 25 heavy (non-hydrogen) atoms. The molecule has 0 spiro atoms. The Morgan fingerprint density at radius 1 is 0.880 bits per heavy atom. The van der Waals surface area contributed by atoms with E-state index < -0.39 is 5.97 Å². The molecule has 0 bridgehead atoms. The SMILES string of the molecule is Cc1c(C)c(C)c(C(=O)OCC(=O)N2C[C@H](C)C[C@@H](C)C2)c(C)c1C. The first-order valence-corrected chi connectivity index (χ1v) is 9.15. The number of amides is 1. The first-order chi connectivity index (χ1) is 11.6. The van der Waals surface area contributed by atoms with E-state index in [-0.39, 0.29) is 12.5 Å². The third kappa shape index (κ3) is 4.05. The molecule has 138 valence electrons. The predicted molar refractivity (Wildman–Crippen MR) is 99.9 cm³/mol. The Labute approximate surface area is 151 Å². The fourth-order valence-electron chi connectivity index (χ4n) is 3.96. The molecule has 0 radical (unpaired) electrons. The van der Waals surface area contributed by atoms with E-state index in [1.54, 1.807) is 0 Å². The summed E-state index contributed by atoms with van der Waals surface area (Å²) in [5.41, 5.74) is 5.92. The van der Waals surface area contributed by atoms with Crippen molar-refractivity contribution < 1.29 is 14.3 Å². The minimum Gasteiger partial charge on any atom is -0.452 e. The van der Waals surface area contributed by atoms with Crippen LogP contribution in [-0.4, -0.2) is 36.5 Å². The predicted octanol–water partition coefficient (Wildman–Crippen LogP) is 3.89. The molecule has 0 aromatic heterocycles. The Hall–Kier alpha value is -1.84. The van der Waals surface area contributed by atoms with Crippen molar-refractivity contribution in [2.24, 2.45) is 11.8 Å². The number of hydrogen-bond donors (Lipinski definition) is 0. The van der Waals surface area contributed by atoms with Gasteiger partial charge in [0.25, 0.3) is 5.91 Å². The zero-order valence-corrected chi connectivity index (χ0v) is 16.7. The number of rotatable bonds is 3. The van der Waals surface area contributed by atoms with E-state index in [2.05, 4.69) is 20.8 Å². The Kier molecular flexibility index (Phi) is 5.91. The van der Waals surface area contributed by atoms with Crippen molar-refractivity contribution in [2.45, 2.75) is 54.9 Å². The van der Waals surface area contributed by atoms with Crippen molar-refractivity contribution in [2.75, 3.05) is 19.7 Å². The first-order valence-electron chi connectivity index (χ1n) is 9.15. The number of nitrogens with zero attached hydrogens (tertiary/aromatic N) is 1. The van der Waals surface area contributed by atoms with E-state index in [4.69, 9.17) is 4.74 Å². The summed E-state index contributed by atoms with van der Waals surface area (Å²) in [6, 6.07) is 0. The van der Waals surface area contributed by atoms with Gasteiger partial charge in [0.2, 0.25) is 0 Å². The third-order valence-electron chi connectivity index (χ3n) is 5.75. The van der Waals surface area contributed by atoms with Crippen LogP contribution >= 0.6 is 0 Å². The summed E-state index contributed by atoms with van der Waals surface area (Å²) >= 11 is 0. The lowest BCUT2D eigenvalue weighted by Gasteiger charge is -2.34. The zero-order valence-electron chi connectivity index (χ0n) is 16.7. The molecule has 1 heterocycles. The first kappa shape index (κ1) is 19.5. The molecular formula is C21H31NO3. The van der Waals surface area contributed by atoms with Gasteiger partial charge in [0, 0.05) is 13.1 Å². The molecule has 2 atom stereocenters. The summed E-state index contributed by atoms with van der Waals surface area (Å²) < 4.78 is 5.39. The molecule has 0 unspecified atom stereocenters. The van der Waals surface area contributed by atoms with Crippen LogP contribution in [0.15, 0.2) is 0 Å². The number of carbonyl (C=O) groups is 2. The normalized spacial score (nSPS) is 20.5. The maximum atomic E-state index is 12.6. The van der Waals surface area contributed by atoms with Gasteiger partial charge in [-0.15, -0.1) is 0 Å². The van der Waals surface area contributed by atoms with Crippen LogP contribution in [0.5, 0.6) is 0 Å². The lowest BCUT2D eigenvalue weighted by Crippen LogP contribution is -2.44. The van der Waals surface area contributed by atoms with Gasteiger partial charge in [-0.25, -0.2) is 4.79 Å². The maximum absolute atomic E-state index is 12.6. The molecule has 4 heteroatoms. The van der Waals surface area contributed by atoms with E-state index >= 15 is 0 Å². The standard InChI is InChI=1S/C21H31NO3/c1-12-8-13(2)10-22(9-12)19(23)11-25-21(24)20-17(6)15(4)14(3)16(5)18(20)7/h12-13H,8-11H2,1-7H3/t12-,13-/m1/s1. The third-order valence-corrected chi connectivity index (χ3v) is 5.75. The highest BCUT2D eigenvalue weighted by Crippen LogP contribution is 2.27. The molecular weight excluding hydrogens is 314 g/mol. The fourth-order valence-corrected chi connectivity index (χ4v) is 3.96. The van der Waals surface area contributed by atoms with Crippen LogP contribution in [0.1, 0.15) is 58.4 Å². The quantitative estimate of drug-likeness (QED) is 0.781. The molecule has 1 fully saturated rings. The van der Waals surface area contributed by atoms with Crippen LogP contribution < -0.4 is 0 Å². The smallest absolute Gasteiger partial charge is 0.339 e. The summed E-state index contributed by atoms with van der Waals surface area (Å²) in [5.74, 6) is 0.501. The van der Waals surface area contributed by atoms with E-state index in [0.717, 1.165) is 41.8 Å². The highest BCUT2D eigenvalue weighted by molar-refractivity contribution is 5.95. The largest absolute Gasteiger partial charge is 0.452 e. The number of piperidine rings is 1. The average molecular weight is 345 g/mol. The molecule has 1 aliphatic heterocycles. The van der Waals surface area contributed by atoms with Crippen molar-refractivity contribution in [3.05, 3.63) is 33.4 Å². The topological polar surface area (TPSA) is 46.6 Å². The van der Waals surface area contributed by atoms with Crippen LogP contribution in [0, 0.1) is 46.5 Å². The van der Waals surface area contributed by atoms with Crippen molar-refractivity contribution >= 4 is 11.9 Å². The second kappa shape index (κ2) is 7.59. The summed E-state index contributed by atoms with van der Waals surface area (Å²) in [5, 5.41) is 0. The van der Waals surface area contributed by atoms with Crippen LogP contribution in [0.25, 0.3) is 0 Å². The molecule has 1 amide bonds. The van der Waals surface area contributed by atoms with Gasteiger partial charge in [-0.1, -0.05) is 13.8 Å². The number of ether oxygens (including phenoxy) is 1. The highest BCUT2D eigenvalue weighted by atomic mass is 16.5. The van der Waals surface area contributed by atoms with Crippen molar-refractivity contribution in [1.82, 2.24) is 4.90 Å². The molecule has 1 aliphatic rings. The second-order valence-corrected chi connectivity index (χ2v) is 7.82. The van der Waals surface area contributed by atoms with Gasteiger partial charge in [-0.2, -0.15) is 0 Å². The molecule has 1 aromatic carbocycles. The van der Waals surface area contributed by atoms with Gasteiger partial charge in [0.05, 0.1) is 5.56 Å². The number of carbonyl (C=O) groups excluding carboxylic acids is 2. The fraction of sp³-hybridized carbons (Fsp3) is 0.619. The Bertz CT molecular complexity index is 654. The summed E-state index contributed by atoms with van der Waals surface area (Å²) in [7, 11) is 0. The van der Waals surface area contributed by atoms with Crippen LogP contribution in [-0.2, 0) is 9.53 Å². The lowest BCUT2D eigenvalue weighted by molar-refractivity contribution is -0.137. The maximum Gasteiger partial charge on any atom is 0.339 e. The Morgan fingerprint density at radius 3 is 1.80 bits per heavy atom. The van der Waals surface area contributed by atoms with E-state index in [1.165, 1.54) is 5.56 Å².